The Kier molecular flexibility index (Phi) is 6.12. The maximum absolute atomic E-state index is 13.6. The van der Waals surface area contributed by atoms with Crippen LogP contribution < -0.4 is 20.7 Å². The molecule has 0 radical (unpaired) electrons. The molecule has 12 heteroatoms. The Hall–Kier alpha value is -2.89. The number of hydrogen-bond acceptors (Lipinski definition) is 8. The van der Waals surface area contributed by atoms with Crippen molar-refractivity contribution >= 4 is 17.4 Å². The molecule has 170 valence electrons. The highest BCUT2D eigenvalue weighted by molar-refractivity contribution is 6.04. The van der Waals surface area contributed by atoms with Crippen molar-refractivity contribution < 1.29 is 27.8 Å². The summed E-state index contributed by atoms with van der Waals surface area (Å²) in [7, 11) is 0. The van der Waals surface area contributed by atoms with Gasteiger partial charge in [-0.3, -0.25) is 4.79 Å². The van der Waals surface area contributed by atoms with Crippen LogP contribution in [0.2, 0.25) is 0 Å². The van der Waals surface area contributed by atoms with Crippen LogP contribution in [0.15, 0.2) is 23.5 Å². The largest absolute Gasteiger partial charge is 0.474 e. The molecular weight excluding hydrogens is 417 g/mol. The average molecular weight is 442 g/mol. The van der Waals surface area contributed by atoms with Gasteiger partial charge in [-0.1, -0.05) is 0 Å². The maximum Gasteiger partial charge on any atom is 0.422 e. The van der Waals surface area contributed by atoms with Crippen LogP contribution in [-0.2, 0) is 4.79 Å². The van der Waals surface area contributed by atoms with Gasteiger partial charge in [-0.2, -0.15) is 13.2 Å². The Morgan fingerprint density at radius 1 is 1.35 bits per heavy atom. The first-order chi connectivity index (χ1) is 14.4. The molecular formula is C19H25F3N6O3. The van der Waals surface area contributed by atoms with E-state index >= 15 is 0 Å². The van der Waals surface area contributed by atoms with Gasteiger partial charge >= 0.3 is 6.18 Å². The number of amides is 1. The van der Waals surface area contributed by atoms with E-state index in [-0.39, 0.29) is 6.10 Å². The predicted octanol–water partition coefficient (Wildman–Crippen LogP) is 1.48. The zero-order chi connectivity index (χ0) is 23.0. The molecule has 1 fully saturated rings. The molecule has 3 rings (SSSR count). The van der Waals surface area contributed by atoms with Gasteiger partial charge in [0.1, 0.15) is 5.82 Å². The first-order valence-corrected chi connectivity index (χ1v) is 9.85. The highest BCUT2D eigenvalue weighted by atomic mass is 19.4. The van der Waals surface area contributed by atoms with Crippen molar-refractivity contribution in [3.63, 3.8) is 0 Å². The number of nitrogens with zero attached hydrogens (tertiary/aromatic N) is 3. The van der Waals surface area contributed by atoms with Gasteiger partial charge in [-0.25, -0.2) is 0 Å². The van der Waals surface area contributed by atoms with Crippen molar-refractivity contribution in [1.82, 2.24) is 15.5 Å². The lowest BCUT2D eigenvalue weighted by atomic mass is 9.77. The van der Waals surface area contributed by atoms with Gasteiger partial charge in [0.25, 0.3) is 0 Å². The lowest BCUT2D eigenvalue weighted by Crippen LogP contribution is -2.58. The highest BCUT2D eigenvalue weighted by Gasteiger charge is 2.61. The summed E-state index contributed by atoms with van der Waals surface area (Å²) < 4.78 is 46.2. The number of ether oxygens (including phenoxy) is 1. The van der Waals surface area contributed by atoms with Crippen LogP contribution >= 0.6 is 0 Å². The number of aromatic nitrogens is 2. The number of carbonyl (C=O) groups is 1. The van der Waals surface area contributed by atoms with Crippen LogP contribution in [-0.4, -0.2) is 57.9 Å². The highest BCUT2D eigenvalue weighted by Crippen LogP contribution is 2.43. The molecule has 1 unspecified atom stereocenters. The number of piperidine rings is 1. The second-order valence-electron chi connectivity index (χ2n) is 7.94. The summed E-state index contributed by atoms with van der Waals surface area (Å²) in [6.45, 7) is 4.59. The minimum Gasteiger partial charge on any atom is -0.474 e. The molecule has 0 aromatic carbocycles. The molecule has 2 aliphatic heterocycles. The van der Waals surface area contributed by atoms with Gasteiger partial charge in [0.2, 0.25) is 11.8 Å². The summed E-state index contributed by atoms with van der Waals surface area (Å²) >= 11 is 0. The second-order valence-corrected chi connectivity index (χ2v) is 7.94. The number of rotatable bonds is 5. The monoisotopic (exact) mass is 442 g/mol. The van der Waals surface area contributed by atoms with Crippen LogP contribution in [0.5, 0.6) is 5.88 Å². The zero-order valence-corrected chi connectivity index (χ0v) is 17.2. The first-order valence-electron chi connectivity index (χ1n) is 9.85. The fourth-order valence-electron chi connectivity index (χ4n) is 3.80. The summed E-state index contributed by atoms with van der Waals surface area (Å²) in [5.74, 6) is -1.26. The first kappa shape index (κ1) is 22.8. The molecule has 0 bridgehead atoms. The van der Waals surface area contributed by atoms with Crippen molar-refractivity contribution in [2.24, 2.45) is 11.7 Å². The molecule has 1 atom stereocenters. The van der Waals surface area contributed by atoms with Gasteiger partial charge in [-0.05, 0) is 32.8 Å². The third-order valence-electron chi connectivity index (χ3n) is 5.32. The number of carbonyl (C=O) groups excluding carboxylic acids is 1. The number of hydrogen-bond donors (Lipinski definition) is 4. The topological polar surface area (TPSA) is 137 Å². The van der Waals surface area contributed by atoms with Crippen molar-refractivity contribution in [2.75, 3.05) is 18.0 Å². The molecule has 0 aliphatic carbocycles. The molecule has 31 heavy (non-hydrogen) atoms. The fraction of sp³-hybridized carbons (Fsp3) is 0.579. The Balaban J connectivity index is 1.72. The summed E-state index contributed by atoms with van der Waals surface area (Å²) in [6.07, 6.45) is -5.71. The SMILES string of the molecule is CC(C)Oc1ccc(N2CCC(C(=N)C3=C(N)NC(=O)CC3(O)C(F)(F)F)CC2)nn1. The quantitative estimate of drug-likeness (QED) is 0.507. The predicted molar refractivity (Wildman–Crippen MR) is 105 cm³/mol. The van der Waals surface area contributed by atoms with E-state index < -0.39 is 47.1 Å². The van der Waals surface area contributed by atoms with E-state index in [9.17, 15) is 23.1 Å². The molecule has 0 spiro atoms. The number of halogens is 3. The maximum atomic E-state index is 13.6. The number of nitrogens with two attached hydrogens (primary N) is 1. The third kappa shape index (κ3) is 4.58. The van der Waals surface area contributed by atoms with E-state index in [4.69, 9.17) is 15.9 Å². The van der Waals surface area contributed by atoms with Gasteiger partial charge in [0, 0.05) is 30.8 Å². The fourth-order valence-corrected chi connectivity index (χ4v) is 3.80. The van der Waals surface area contributed by atoms with E-state index in [1.165, 1.54) is 0 Å². The minimum absolute atomic E-state index is 0.0384. The van der Waals surface area contributed by atoms with Gasteiger partial charge in [-0.15, -0.1) is 10.2 Å². The molecule has 9 nitrogen and oxygen atoms in total. The zero-order valence-electron chi connectivity index (χ0n) is 17.2. The number of aliphatic hydroxyl groups is 1. The Morgan fingerprint density at radius 2 is 2.00 bits per heavy atom. The standard InChI is InChI=1S/C19H25F3N6O3/c1-10(2)31-14-4-3-12(26-27-14)28-7-5-11(6-8-28)16(23)15-17(24)25-13(29)9-18(15,30)19(20,21)22/h3-4,10-11,23,30H,5-9,24H2,1-2H3,(H,25,29). The number of anilines is 1. The van der Waals surface area contributed by atoms with Crippen LogP contribution in [0.3, 0.4) is 0 Å². The average Bonchev–Trinajstić information content (AvgIpc) is 2.66. The molecule has 1 saturated heterocycles. The van der Waals surface area contributed by atoms with Crippen LogP contribution in [0.1, 0.15) is 33.1 Å². The lowest BCUT2D eigenvalue weighted by Gasteiger charge is -2.40. The van der Waals surface area contributed by atoms with E-state index in [1.807, 2.05) is 18.7 Å². The van der Waals surface area contributed by atoms with E-state index in [1.54, 1.807) is 12.1 Å². The summed E-state index contributed by atoms with van der Waals surface area (Å²) in [6, 6.07) is 3.44. The molecule has 1 aromatic heterocycles. The van der Waals surface area contributed by atoms with Crippen molar-refractivity contribution in [2.45, 2.75) is 51.0 Å². The van der Waals surface area contributed by atoms with Crippen LogP contribution in [0.4, 0.5) is 19.0 Å². The Labute approximate surface area is 177 Å². The third-order valence-corrected chi connectivity index (χ3v) is 5.32. The van der Waals surface area contributed by atoms with Crippen LogP contribution in [0.25, 0.3) is 0 Å². The van der Waals surface area contributed by atoms with Gasteiger partial charge < -0.3 is 31.2 Å². The van der Waals surface area contributed by atoms with Crippen molar-refractivity contribution in [3.05, 3.63) is 23.5 Å². The summed E-state index contributed by atoms with van der Waals surface area (Å²) in [5.41, 5.74) is 0.958. The van der Waals surface area contributed by atoms with E-state index in [0.717, 1.165) is 0 Å². The Bertz CT molecular complexity index is 879. The molecule has 1 aromatic rings. The second kappa shape index (κ2) is 8.33. The van der Waals surface area contributed by atoms with Crippen molar-refractivity contribution in [3.8, 4) is 5.88 Å². The summed E-state index contributed by atoms with van der Waals surface area (Å²) in [4.78, 5) is 13.5. The lowest BCUT2D eigenvalue weighted by molar-refractivity contribution is -0.245. The molecule has 1 amide bonds. The van der Waals surface area contributed by atoms with E-state index in [2.05, 4.69) is 15.5 Å². The number of alkyl halides is 3. The van der Waals surface area contributed by atoms with Gasteiger partial charge in [0.05, 0.1) is 18.1 Å². The molecule has 2 aliphatic rings. The molecule has 3 heterocycles. The normalized spacial score (nSPS) is 23.2. The van der Waals surface area contributed by atoms with Crippen molar-refractivity contribution in [1.29, 1.82) is 5.41 Å². The van der Waals surface area contributed by atoms with Crippen LogP contribution in [0, 0.1) is 11.3 Å². The smallest absolute Gasteiger partial charge is 0.422 e. The molecule has 5 N–H and O–H groups in total. The molecule has 0 saturated carbocycles. The Morgan fingerprint density at radius 3 is 2.52 bits per heavy atom. The number of nitrogens with one attached hydrogen (secondary N) is 2. The van der Waals surface area contributed by atoms with E-state index in [0.29, 0.717) is 37.6 Å². The summed E-state index contributed by atoms with van der Waals surface area (Å²) in [5, 5.41) is 28.9. The minimum atomic E-state index is -5.15. The van der Waals surface area contributed by atoms with Gasteiger partial charge in [0.15, 0.2) is 11.4 Å².